The van der Waals surface area contributed by atoms with E-state index in [1.807, 2.05) is 24.0 Å². The first-order chi connectivity index (χ1) is 6.63. The Hall–Kier alpha value is -1.27. The summed E-state index contributed by atoms with van der Waals surface area (Å²) in [6.45, 7) is 6.95. The summed E-state index contributed by atoms with van der Waals surface area (Å²) in [7, 11) is 0. The molecule has 0 aliphatic carbocycles. The van der Waals surface area contributed by atoms with E-state index < -0.39 is 0 Å². The van der Waals surface area contributed by atoms with Crippen LogP contribution in [0.3, 0.4) is 0 Å². The quantitative estimate of drug-likeness (QED) is 0.732. The molecular weight excluding hydrogens is 174 g/mol. The van der Waals surface area contributed by atoms with Gasteiger partial charge in [-0.3, -0.25) is 10.00 Å². The van der Waals surface area contributed by atoms with Gasteiger partial charge >= 0.3 is 0 Å². The Labute approximate surface area is 85.5 Å². The van der Waals surface area contributed by atoms with Crippen molar-refractivity contribution < 1.29 is 0 Å². The van der Waals surface area contributed by atoms with Crippen LogP contribution in [0, 0.1) is 12.3 Å². The van der Waals surface area contributed by atoms with Crippen molar-refractivity contribution in [3.05, 3.63) is 18.0 Å². The van der Waals surface area contributed by atoms with Crippen LogP contribution in [0.2, 0.25) is 0 Å². The van der Waals surface area contributed by atoms with Crippen LogP contribution < -0.4 is 5.32 Å². The lowest BCUT2D eigenvalue weighted by Gasteiger charge is -2.05. The normalized spacial score (nSPS) is 12.8. The zero-order chi connectivity index (χ0) is 10.6. The number of terminal acetylenes is 1. The van der Waals surface area contributed by atoms with Crippen LogP contribution in [-0.4, -0.2) is 15.8 Å². The van der Waals surface area contributed by atoms with Crippen molar-refractivity contribution in [2.45, 2.75) is 39.4 Å². The second-order valence-electron chi connectivity index (χ2n) is 3.69. The predicted molar refractivity (Wildman–Crippen MR) is 57.7 cm³/mol. The van der Waals surface area contributed by atoms with Gasteiger partial charge in [-0.15, -0.1) is 6.42 Å². The molecule has 0 spiro atoms. The Bertz CT molecular complexity index is 320. The SMILES string of the molecule is C#CC(C)NCc1cnn(C(C)C)c1. The van der Waals surface area contributed by atoms with Gasteiger partial charge in [0.05, 0.1) is 12.2 Å². The van der Waals surface area contributed by atoms with E-state index in [9.17, 15) is 0 Å². The maximum atomic E-state index is 5.26. The van der Waals surface area contributed by atoms with Crippen molar-refractivity contribution >= 4 is 0 Å². The molecule has 1 unspecified atom stereocenters. The Morgan fingerprint density at radius 1 is 1.57 bits per heavy atom. The van der Waals surface area contributed by atoms with Gasteiger partial charge in [-0.25, -0.2) is 0 Å². The fraction of sp³-hybridized carbons (Fsp3) is 0.545. The van der Waals surface area contributed by atoms with E-state index in [1.54, 1.807) is 0 Å². The second-order valence-corrected chi connectivity index (χ2v) is 3.69. The lowest BCUT2D eigenvalue weighted by Crippen LogP contribution is -2.23. The van der Waals surface area contributed by atoms with E-state index in [0.29, 0.717) is 6.04 Å². The Morgan fingerprint density at radius 3 is 2.79 bits per heavy atom. The molecule has 0 fully saturated rings. The number of nitrogens with zero attached hydrogens (tertiary/aromatic N) is 2. The van der Waals surface area contributed by atoms with Gasteiger partial charge in [-0.2, -0.15) is 5.10 Å². The molecule has 1 N–H and O–H groups in total. The van der Waals surface area contributed by atoms with Gasteiger partial charge < -0.3 is 0 Å². The highest BCUT2D eigenvalue weighted by molar-refractivity contribution is 5.05. The van der Waals surface area contributed by atoms with Crippen molar-refractivity contribution in [3.8, 4) is 12.3 Å². The van der Waals surface area contributed by atoms with Crippen LogP contribution in [0.5, 0.6) is 0 Å². The van der Waals surface area contributed by atoms with E-state index in [-0.39, 0.29) is 6.04 Å². The monoisotopic (exact) mass is 191 g/mol. The third kappa shape index (κ3) is 2.90. The number of aromatic nitrogens is 2. The molecular formula is C11H17N3. The first-order valence-corrected chi connectivity index (χ1v) is 4.86. The minimum absolute atomic E-state index is 0.109. The first kappa shape index (κ1) is 10.8. The largest absolute Gasteiger partial charge is 0.300 e. The maximum absolute atomic E-state index is 5.26. The molecule has 1 atom stereocenters. The van der Waals surface area contributed by atoms with Crippen LogP contribution in [0.1, 0.15) is 32.4 Å². The molecule has 1 heterocycles. The summed E-state index contributed by atoms with van der Waals surface area (Å²) < 4.78 is 1.94. The smallest absolute Gasteiger partial charge is 0.0660 e. The zero-order valence-electron chi connectivity index (χ0n) is 8.99. The summed E-state index contributed by atoms with van der Waals surface area (Å²) in [5, 5.41) is 7.46. The van der Waals surface area contributed by atoms with Crippen molar-refractivity contribution in [2.75, 3.05) is 0 Å². The average Bonchev–Trinajstić information content (AvgIpc) is 2.62. The van der Waals surface area contributed by atoms with Gasteiger partial charge in [0.25, 0.3) is 0 Å². The van der Waals surface area contributed by atoms with E-state index in [4.69, 9.17) is 6.42 Å². The van der Waals surface area contributed by atoms with E-state index in [2.05, 4.69) is 30.2 Å². The van der Waals surface area contributed by atoms with Crippen molar-refractivity contribution in [1.29, 1.82) is 0 Å². The molecule has 0 amide bonds. The zero-order valence-corrected chi connectivity index (χ0v) is 8.99. The molecule has 0 aromatic carbocycles. The molecule has 0 bridgehead atoms. The van der Waals surface area contributed by atoms with Gasteiger partial charge in [0.1, 0.15) is 0 Å². The highest BCUT2D eigenvalue weighted by Crippen LogP contribution is 2.04. The number of hydrogen-bond acceptors (Lipinski definition) is 2. The third-order valence-corrected chi connectivity index (χ3v) is 2.05. The van der Waals surface area contributed by atoms with Gasteiger partial charge in [0.2, 0.25) is 0 Å². The fourth-order valence-electron chi connectivity index (χ4n) is 1.08. The van der Waals surface area contributed by atoms with Gasteiger partial charge in [0, 0.05) is 24.3 Å². The van der Waals surface area contributed by atoms with Crippen molar-refractivity contribution in [2.24, 2.45) is 0 Å². The molecule has 1 aromatic rings. The number of hydrogen-bond donors (Lipinski definition) is 1. The molecule has 0 radical (unpaired) electrons. The highest BCUT2D eigenvalue weighted by Gasteiger charge is 2.02. The minimum Gasteiger partial charge on any atom is -0.300 e. The van der Waals surface area contributed by atoms with E-state index in [0.717, 1.165) is 6.54 Å². The van der Waals surface area contributed by atoms with Gasteiger partial charge in [0.15, 0.2) is 0 Å². The summed E-state index contributed by atoms with van der Waals surface area (Å²) >= 11 is 0. The molecule has 1 aromatic heterocycles. The van der Waals surface area contributed by atoms with Crippen LogP contribution in [0.25, 0.3) is 0 Å². The average molecular weight is 191 g/mol. The van der Waals surface area contributed by atoms with Crippen molar-refractivity contribution in [3.63, 3.8) is 0 Å². The Kier molecular flexibility index (Phi) is 3.73. The lowest BCUT2D eigenvalue weighted by atomic mass is 10.3. The molecule has 0 aliphatic rings. The van der Waals surface area contributed by atoms with Crippen LogP contribution in [0.15, 0.2) is 12.4 Å². The summed E-state index contributed by atoms with van der Waals surface area (Å²) in [5.74, 6) is 2.63. The fourth-order valence-corrected chi connectivity index (χ4v) is 1.08. The molecule has 3 heteroatoms. The summed E-state index contributed by atoms with van der Waals surface area (Å²) in [6, 6.07) is 0.520. The maximum Gasteiger partial charge on any atom is 0.0660 e. The summed E-state index contributed by atoms with van der Waals surface area (Å²) in [6.07, 6.45) is 9.17. The van der Waals surface area contributed by atoms with Gasteiger partial charge in [-0.05, 0) is 20.8 Å². The molecule has 76 valence electrons. The number of nitrogens with one attached hydrogen (secondary N) is 1. The molecule has 0 saturated heterocycles. The first-order valence-electron chi connectivity index (χ1n) is 4.86. The van der Waals surface area contributed by atoms with Gasteiger partial charge in [-0.1, -0.05) is 5.92 Å². The third-order valence-electron chi connectivity index (χ3n) is 2.05. The second kappa shape index (κ2) is 4.83. The van der Waals surface area contributed by atoms with E-state index >= 15 is 0 Å². The molecule has 14 heavy (non-hydrogen) atoms. The van der Waals surface area contributed by atoms with Crippen LogP contribution >= 0.6 is 0 Å². The summed E-state index contributed by atoms with van der Waals surface area (Å²) in [5.41, 5.74) is 1.17. The van der Waals surface area contributed by atoms with Crippen LogP contribution in [-0.2, 0) is 6.54 Å². The van der Waals surface area contributed by atoms with Crippen molar-refractivity contribution in [1.82, 2.24) is 15.1 Å². The standard InChI is InChI=1S/C11H17N3/c1-5-10(4)12-6-11-7-13-14(8-11)9(2)3/h1,7-10,12H,6H2,2-4H3. The number of rotatable bonds is 4. The Balaban J connectivity index is 2.49. The molecule has 1 rings (SSSR count). The van der Waals surface area contributed by atoms with E-state index in [1.165, 1.54) is 5.56 Å². The lowest BCUT2D eigenvalue weighted by molar-refractivity contribution is 0.531. The topological polar surface area (TPSA) is 29.9 Å². The summed E-state index contributed by atoms with van der Waals surface area (Å²) in [4.78, 5) is 0. The minimum atomic E-state index is 0.109. The molecule has 3 nitrogen and oxygen atoms in total. The molecule has 0 aliphatic heterocycles. The predicted octanol–water partition coefficient (Wildman–Crippen LogP) is 1.58. The van der Waals surface area contributed by atoms with Crippen LogP contribution in [0.4, 0.5) is 0 Å². The molecule has 0 saturated carbocycles. The highest BCUT2D eigenvalue weighted by atomic mass is 15.3. The Morgan fingerprint density at radius 2 is 2.29 bits per heavy atom.